The zero-order valence-corrected chi connectivity index (χ0v) is 14.2. The summed E-state index contributed by atoms with van der Waals surface area (Å²) in [7, 11) is 0. The van der Waals surface area contributed by atoms with Gasteiger partial charge >= 0.3 is 6.03 Å². The number of benzene rings is 1. The summed E-state index contributed by atoms with van der Waals surface area (Å²) < 4.78 is 2.59. The van der Waals surface area contributed by atoms with Gasteiger partial charge in [0.05, 0.1) is 0 Å². The minimum atomic E-state index is -0.203. The molecule has 1 aromatic heterocycles. The Morgan fingerprint density at radius 2 is 2.09 bits per heavy atom. The van der Waals surface area contributed by atoms with Crippen LogP contribution >= 0.6 is 12.2 Å². The van der Waals surface area contributed by atoms with Crippen LogP contribution in [0.5, 0.6) is 0 Å². The highest BCUT2D eigenvalue weighted by molar-refractivity contribution is 7.71. The summed E-state index contributed by atoms with van der Waals surface area (Å²) in [6.45, 7) is 5.09. The minimum Gasteiger partial charge on any atom is -0.336 e. The Morgan fingerprint density at radius 1 is 1.39 bits per heavy atom. The number of para-hydroxylation sites is 1. The summed E-state index contributed by atoms with van der Waals surface area (Å²) in [4.78, 5) is 12.1. The largest absolute Gasteiger partial charge is 0.336 e. The van der Waals surface area contributed by atoms with E-state index in [-0.39, 0.29) is 6.03 Å². The second-order valence-corrected chi connectivity index (χ2v) is 6.35. The number of carbonyl (C=O) groups excluding carboxylic acids is 1. The molecule has 23 heavy (non-hydrogen) atoms. The van der Waals surface area contributed by atoms with Gasteiger partial charge in [-0.2, -0.15) is 5.10 Å². The van der Waals surface area contributed by atoms with Crippen LogP contribution in [0.1, 0.15) is 35.7 Å². The van der Waals surface area contributed by atoms with Crippen LogP contribution in [-0.4, -0.2) is 27.3 Å². The quantitative estimate of drug-likeness (QED) is 0.736. The number of hydrogen-bond acceptors (Lipinski definition) is 3. The van der Waals surface area contributed by atoms with Crippen LogP contribution in [-0.2, 0) is 6.54 Å². The number of aromatic nitrogens is 3. The molecule has 1 heterocycles. The third-order valence-corrected chi connectivity index (χ3v) is 4.38. The number of urea groups is 1. The van der Waals surface area contributed by atoms with Gasteiger partial charge in [-0.1, -0.05) is 18.2 Å². The number of rotatable bonds is 5. The molecule has 0 bridgehead atoms. The van der Waals surface area contributed by atoms with Crippen molar-refractivity contribution in [1.29, 1.82) is 0 Å². The molecule has 0 radical (unpaired) electrons. The molecule has 6 nitrogen and oxygen atoms in total. The molecule has 3 rings (SSSR count). The summed E-state index contributed by atoms with van der Waals surface area (Å²) in [5.41, 5.74) is 2.96. The Hall–Kier alpha value is -2.15. The summed E-state index contributed by atoms with van der Waals surface area (Å²) in [5, 5.41) is 12.9. The van der Waals surface area contributed by atoms with Crippen LogP contribution < -0.4 is 10.6 Å². The molecule has 2 aromatic rings. The molecule has 2 amide bonds. The molecule has 7 heteroatoms. The number of anilines is 1. The third-order valence-electron chi connectivity index (χ3n) is 4.07. The van der Waals surface area contributed by atoms with Crippen LogP contribution in [0, 0.1) is 18.6 Å². The van der Waals surface area contributed by atoms with Crippen LogP contribution in [0.2, 0.25) is 0 Å². The van der Waals surface area contributed by atoms with Gasteiger partial charge in [-0.3, -0.25) is 5.10 Å². The number of carbonyl (C=O) groups is 1. The standard InChI is InChI=1S/C16H21N5OS/c1-10-4-3-5-11(2)13(10)18-15(22)17-8-9-21-14(12-6-7-12)19-20-16(21)23/h3-5,12H,6-9H2,1-2H3,(H,20,23)(H2,17,18,22). The van der Waals surface area contributed by atoms with Gasteiger partial charge in [0.1, 0.15) is 5.82 Å². The van der Waals surface area contributed by atoms with Crippen molar-refractivity contribution in [2.24, 2.45) is 0 Å². The number of aromatic amines is 1. The molecule has 0 unspecified atom stereocenters. The van der Waals surface area contributed by atoms with Crippen molar-refractivity contribution in [2.45, 2.75) is 39.2 Å². The molecule has 0 aliphatic heterocycles. The maximum absolute atomic E-state index is 12.1. The summed E-state index contributed by atoms with van der Waals surface area (Å²) >= 11 is 5.25. The Balaban J connectivity index is 1.56. The second kappa shape index (κ2) is 6.54. The Labute approximate surface area is 140 Å². The van der Waals surface area contributed by atoms with E-state index in [4.69, 9.17) is 12.2 Å². The SMILES string of the molecule is Cc1cccc(C)c1NC(=O)NCCn1c(C2CC2)n[nH]c1=S. The van der Waals surface area contributed by atoms with Crippen molar-refractivity contribution in [3.05, 3.63) is 39.9 Å². The van der Waals surface area contributed by atoms with E-state index in [1.807, 2.05) is 36.6 Å². The lowest BCUT2D eigenvalue weighted by molar-refractivity contribution is 0.251. The van der Waals surface area contributed by atoms with E-state index in [0.29, 0.717) is 23.8 Å². The van der Waals surface area contributed by atoms with E-state index >= 15 is 0 Å². The number of nitrogens with zero attached hydrogens (tertiary/aromatic N) is 2. The molecule has 1 aliphatic carbocycles. The van der Waals surface area contributed by atoms with Gasteiger partial charge in [-0.15, -0.1) is 0 Å². The first-order valence-corrected chi connectivity index (χ1v) is 8.23. The summed E-state index contributed by atoms with van der Waals surface area (Å²) in [6.07, 6.45) is 2.33. The molecule has 1 aliphatic rings. The van der Waals surface area contributed by atoms with E-state index in [1.165, 1.54) is 12.8 Å². The van der Waals surface area contributed by atoms with Crippen LogP contribution in [0.4, 0.5) is 10.5 Å². The number of H-pyrrole nitrogens is 1. The third kappa shape index (κ3) is 3.61. The predicted molar refractivity (Wildman–Crippen MR) is 92.3 cm³/mol. The molecule has 122 valence electrons. The zero-order chi connectivity index (χ0) is 16.4. The van der Waals surface area contributed by atoms with Crippen molar-refractivity contribution in [3.63, 3.8) is 0 Å². The first kappa shape index (κ1) is 15.7. The monoisotopic (exact) mass is 331 g/mol. The van der Waals surface area contributed by atoms with Crippen LogP contribution in [0.3, 0.4) is 0 Å². The first-order valence-electron chi connectivity index (χ1n) is 7.82. The van der Waals surface area contributed by atoms with E-state index in [1.54, 1.807) is 0 Å². The molecule has 0 saturated heterocycles. The predicted octanol–water partition coefficient (Wildman–Crippen LogP) is 3.26. The highest BCUT2D eigenvalue weighted by atomic mass is 32.1. The highest BCUT2D eigenvalue weighted by Gasteiger charge is 2.28. The van der Waals surface area contributed by atoms with Gasteiger partial charge in [0.2, 0.25) is 0 Å². The maximum atomic E-state index is 12.1. The van der Waals surface area contributed by atoms with Crippen LogP contribution in [0.15, 0.2) is 18.2 Å². The lowest BCUT2D eigenvalue weighted by Gasteiger charge is -2.13. The smallest absolute Gasteiger partial charge is 0.319 e. The second-order valence-electron chi connectivity index (χ2n) is 5.96. The van der Waals surface area contributed by atoms with E-state index in [2.05, 4.69) is 20.8 Å². The van der Waals surface area contributed by atoms with E-state index in [9.17, 15) is 4.79 Å². The lowest BCUT2D eigenvalue weighted by Crippen LogP contribution is -2.32. The van der Waals surface area contributed by atoms with Gasteiger partial charge in [0.15, 0.2) is 4.77 Å². The van der Waals surface area contributed by atoms with Gasteiger partial charge in [-0.05, 0) is 50.0 Å². The summed E-state index contributed by atoms with van der Waals surface area (Å²) in [5.74, 6) is 1.53. The average molecular weight is 331 g/mol. The van der Waals surface area contributed by atoms with Crippen molar-refractivity contribution in [1.82, 2.24) is 20.1 Å². The first-order chi connectivity index (χ1) is 11.1. The van der Waals surface area contributed by atoms with Crippen molar-refractivity contribution in [2.75, 3.05) is 11.9 Å². The molecule has 1 saturated carbocycles. The fourth-order valence-electron chi connectivity index (χ4n) is 2.65. The highest BCUT2D eigenvalue weighted by Crippen LogP contribution is 2.38. The molecule has 1 aromatic carbocycles. The number of hydrogen-bond donors (Lipinski definition) is 3. The fourth-order valence-corrected chi connectivity index (χ4v) is 2.88. The van der Waals surface area contributed by atoms with Crippen molar-refractivity contribution >= 4 is 23.9 Å². The number of amides is 2. The molecule has 1 fully saturated rings. The van der Waals surface area contributed by atoms with Crippen molar-refractivity contribution < 1.29 is 4.79 Å². The normalized spacial score (nSPS) is 13.8. The van der Waals surface area contributed by atoms with Gasteiger partial charge in [-0.25, -0.2) is 4.79 Å². The minimum absolute atomic E-state index is 0.203. The van der Waals surface area contributed by atoms with E-state index in [0.717, 1.165) is 22.6 Å². The van der Waals surface area contributed by atoms with E-state index < -0.39 is 0 Å². The fraction of sp³-hybridized carbons (Fsp3) is 0.438. The Morgan fingerprint density at radius 3 is 2.74 bits per heavy atom. The number of aryl methyl sites for hydroxylation is 2. The molecule has 0 atom stereocenters. The molecule has 3 N–H and O–H groups in total. The molecule has 0 spiro atoms. The lowest BCUT2D eigenvalue weighted by atomic mass is 10.1. The molecular weight excluding hydrogens is 310 g/mol. The van der Waals surface area contributed by atoms with Gasteiger partial charge in [0.25, 0.3) is 0 Å². The van der Waals surface area contributed by atoms with Gasteiger partial charge < -0.3 is 15.2 Å². The Kier molecular flexibility index (Phi) is 4.47. The maximum Gasteiger partial charge on any atom is 0.319 e. The number of nitrogens with one attached hydrogen (secondary N) is 3. The van der Waals surface area contributed by atoms with Gasteiger partial charge in [0, 0.05) is 24.7 Å². The Bertz CT molecular complexity index is 755. The zero-order valence-electron chi connectivity index (χ0n) is 13.3. The average Bonchev–Trinajstić information content (AvgIpc) is 3.29. The van der Waals surface area contributed by atoms with Crippen LogP contribution in [0.25, 0.3) is 0 Å². The topological polar surface area (TPSA) is 74.7 Å². The van der Waals surface area contributed by atoms with Crippen molar-refractivity contribution in [3.8, 4) is 0 Å². The summed E-state index contributed by atoms with van der Waals surface area (Å²) in [6, 6.07) is 5.74. The molecular formula is C16H21N5OS.